The number of benzene rings is 1. The van der Waals surface area contributed by atoms with Gasteiger partial charge in [-0.05, 0) is 37.8 Å². The van der Waals surface area contributed by atoms with Gasteiger partial charge in [0.1, 0.15) is 0 Å². The molecule has 190 valence electrons. The third-order valence-electron chi connectivity index (χ3n) is 6.48. The molecule has 4 rings (SSSR count). The van der Waals surface area contributed by atoms with Gasteiger partial charge in [0.05, 0.1) is 5.56 Å². The molecule has 3 heterocycles. The predicted octanol–water partition coefficient (Wildman–Crippen LogP) is 2.90. The van der Waals surface area contributed by atoms with E-state index in [2.05, 4.69) is 37.0 Å². The van der Waals surface area contributed by atoms with E-state index in [4.69, 9.17) is 4.98 Å². The SMILES string of the molecule is CSc1nc(N2CCC(C(=O)NCc3ccccc3C(F)(F)F)CC2)nc(N2CCN(C)CC2)n1. The lowest BCUT2D eigenvalue weighted by Gasteiger charge is -2.34. The lowest BCUT2D eigenvalue weighted by molar-refractivity contribution is -0.138. The monoisotopic (exact) mass is 509 g/mol. The molecule has 0 bridgehead atoms. The van der Waals surface area contributed by atoms with Gasteiger partial charge in [0.25, 0.3) is 0 Å². The fourth-order valence-corrected chi connectivity index (χ4v) is 4.68. The van der Waals surface area contributed by atoms with Gasteiger partial charge in [0.2, 0.25) is 17.8 Å². The molecular formula is C23H30F3N7OS. The second-order valence-corrected chi connectivity index (χ2v) is 9.62. The van der Waals surface area contributed by atoms with Crippen LogP contribution in [0.5, 0.6) is 0 Å². The molecule has 1 aromatic heterocycles. The Bertz CT molecular complexity index is 1020. The zero-order valence-electron chi connectivity index (χ0n) is 19.9. The van der Waals surface area contributed by atoms with E-state index in [9.17, 15) is 18.0 Å². The van der Waals surface area contributed by atoms with Crippen molar-refractivity contribution in [2.75, 3.05) is 62.4 Å². The Morgan fingerprint density at radius 3 is 2.20 bits per heavy atom. The zero-order chi connectivity index (χ0) is 25.0. The number of rotatable bonds is 6. The van der Waals surface area contributed by atoms with Crippen LogP contribution in [0.15, 0.2) is 29.4 Å². The molecule has 35 heavy (non-hydrogen) atoms. The number of piperazine rings is 1. The van der Waals surface area contributed by atoms with E-state index in [1.54, 1.807) is 6.07 Å². The van der Waals surface area contributed by atoms with E-state index < -0.39 is 11.7 Å². The number of likely N-dealkylation sites (N-methyl/N-ethyl adjacent to an activating group) is 1. The second-order valence-electron chi connectivity index (χ2n) is 8.85. The number of nitrogens with zero attached hydrogens (tertiary/aromatic N) is 6. The summed E-state index contributed by atoms with van der Waals surface area (Å²) in [7, 11) is 2.10. The molecule has 0 atom stereocenters. The highest BCUT2D eigenvalue weighted by Crippen LogP contribution is 2.32. The van der Waals surface area contributed by atoms with Crippen LogP contribution in [0.1, 0.15) is 24.0 Å². The number of carbonyl (C=O) groups excluding carboxylic acids is 1. The predicted molar refractivity (Wildman–Crippen MR) is 130 cm³/mol. The molecule has 2 fully saturated rings. The van der Waals surface area contributed by atoms with E-state index in [0.29, 0.717) is 43.0 Å². The summed E-state index contributed by atoms with van der Waals surface area (Å²) in [6.45, 7) is 4.65. The first-order valence-electron chi connectivity index (χ1n) is 11.7. The van der Waals surface area contributed by atoms with E-state index in [1.165, 1.54) is 23.9 Å². The summed E-state index contributed by atoms with van der Waals surface area (Å²) < 4.78 is 39.6. The third-order valence-corrected chi connectivity index (χ3v) is 7.03. The fourth-order valence-electron chi connectivity index (χ4n) is 4.34. The molecule has 2 saturated heterocycles. The molecule has 0 radical (unpaired) electrons. The molecule has 12 heteroatoms. The summed E-state index contributed by atoms with van der Waals surface area (Å²) in [5.74, 6) is 0.801. The number of alkyl halides is 3. The van der Waals surface area contributed by atoms with Crippen molar-refractivity contribution in [2.24, 2.45) is 5.92 Å². The number of carbonyl (C=O) groups is 1. The van der Waals surface area contributed by atoms with Crippen molar-refractivity contribution in [3.63, 3.8) is 0 Å². The van der Waals surface area contributed by atoms with Crippen LogP contribution < -0.4 is 15.1 Å². The number of thioether (sulfide) groups is 1. The number of hydrogen-bond donors (Lipinski definition) is 1. The number of amides is 1. The second kappa shape index (κ2) is 11.0. The normalized spacial score (nSPS) is 18.1. The molecule has 2 aliphatic rings. The minimum Gasteiger partial charge on any atom is -0.352 e. The summed E-state index contributed by atoms with van der Waals surface area (Å²) in [6.07, 6.45) is -1.36. The van der Waals surface area contributed by atoms with Gasteiger partial charge in [-0.1, -0.05) is 30.0 Å². The summed E-state index contributed by atoms with van der Waals surface area (Å²) in [5.41, 5.74) is -0.650. The number of halogens is 3. The van der Waals surface area contributed by atoms with E-state index in [-0.39, 0.29) is 23.9 Å². The molecule has 2 aliphatic heterocycles. The smallest absolute Gasteiger partial charge is 0.352 e. The average Bonchev–Trinajstić information content (AvgIpc) is 2.87. The Labute approximate surface area is 207 Å². The van der Waals surface area contributed by atoms with Crippen LogP contribution >= 0.6 is 11.8 Å². The first-order valence-corrected chi connectivity index (χ1v) is 12.9. The maximum Gasteiger partial charge on any atom is 0.416 e. The van der Waals surface area contributed by atoms with Crippen LogP contribution in [0.25, 0.3) is 0 Å². The number of aromatic nitrogens is 3. The molecule has 0 unspecified atom stereocenters. The quantitative estimate of drug-likeness (QED) is 0.596. The Morgan fingerprint density at radius 1 is 1.00 bits per heavy atom. The van der Waals surface area contributed by atoms with Gasteiger partial charge in [-0.3, -0.25) is 4.79 Å². The summed E-state index contributed by atoms with van der Waals surface area (Å²) in [6, 6.07) is 5.33. The van der Waals surface area contributed by atoms with Crippen LogP contribution in [0.4, 0.5) is 25.1 Å². The lowest BCUT2D eigenvalue weighted by atomic mass is 9.96. The van der Waals surface area contributed by atoms with Crippen molar-refractivity contribution < 1.29 is 18.0 Å². The molecule has 0 saturated carbocycles. The van der Waals surface area contributed by atoms with Crippen molar-refractivity contribution in [1.82, 2.24) is 25.2 Å². The van der Waals surface area contributed by atoms with Gasteiger partial charge in [-0.15, -0.1) is 0 Å². The maximum absolute atomic E-state index is 13.2. The highest BCUT2D eigenvalue weighted by atomic mass is 32.2. The van der Waals surface area contributed by atoms with Crippen molar-refractivity contribution in [1.29, 1.82) is 0 Å². The van der Waals surface area contributed by atoms with Gasteiger partial charge in [-0.25, -0.2) is 0 Å². The van der Waals surface area contributed by atoms with E-state index in [1.807, 2.05) is 6.26 Å². The largest absolute Gasteiger partial charge is 0.416 e. The van der Waals surface area contributed by atoms with Crippen molar-refractivity contribution >= 4 is 29.6 Å². The van der Waals surface area contributed by atoms with Gasteiger partial charge in [-0.2, -0.15) is 28.1 Å². The van der Waals surface area contributed by atoms with Gasteiger partial charge in [0.15, 0.2) is 5.16 Å². The first-order chi connectivity index (χ1) is 16.7. The molecule has 1 N–H and O–H groups in total. The lowest BCUT2D eigenvalue weighted by Crippen LogP contribution is -2.45. The van der Waals surface area contributed by atoms with E-state index in [0.717, 1.165) is 32.2 Å². The molecule has 2 aromatic rings. The number of anilines is 2. The molecule has 0 spiro atoms. The summed E-state index contributed by atoms with van der Waals surface area (Å²) in [5, 5.41) is 3.36. The van der Waals surface area contributed by atoms with Gasteiger partial charge in [0, 0.05) is 51.7 Å². The highest BCUT2D eigenvalue weighted by molar-refractivity contribution is 7.98. The van der Waals surface area contributed by atoms with Crippen LogP contribution in [0.2, 0.25) is 0 Å². The number of hydrogen-bond acceptors (Lipinski definition) is 8. The van der Waals surface area contributed by atoms with Crippen molar-refractivity contribution in [3.8, 4) is 0 Å². The van der Waals surface area contributed by atoms with Crippen LogP contribution in [0, 0.1) is 5.92 Å². The molecule has 8 nitrogen and oxygen atoms in total. The highest BCUT2D eigenvalue weighted by Gasteiger charge is 2.33. The third kappa shape index (κ3) is 6.35. The Morgan fingerprint density at radius 2 is 1.60 bits per heavy atom. The van der Waals surface area contributed by atoms with E-state index >= 15 is 0 Å². The van der Waals surface area contributed by atoms with Crippen LogP contribution in [-0.2, 0) is 17.5 Å². The maximum atomic E-state index is 13.2. The number of piperidine rings is 1. The summed E-state index contributed by atoms with van der Waals surface area (Å²) >= 11 is 1.47. The van der Waals surface area contributed by atoms with Crippen molar-refractivity contribution in [2.45, 2.75) is 30.7 Å². The van der Waals surface area contributed by atoms with Gasteiger partial charge >= 0.3 is 6.18 Å². The minimum atomic E-state index is -4.45. The topological polar surface area (TPSA) is 77.5 Å². The van der Waals surface area contributed by atoms with Crippen molar-refractivity contribution in [3.05, 3.63) is 35.4 Å². The fraction of sp³-hybridized carbons (Fsp3) is 0.565. The molecular weight excluding hydrogens is 479 g/mol. The molecule has 0 aliphatic carbocycles. The zero-order valence-corrected chi connectivity index (χ0v) is 20.7. The van der Waals surface area contributed by atoms with Gasteiger partial charge < -0.3 is 20.0 Å². The standard InChI is InChI=1S/C23H30F3N7OS/c1-31-11-13-33(14-12-31)21-28-20(29-22(30-21)35-2)32-9-7-16(8-10-32)19(34)27-15-17-5-3-4-6-18(17)23(24,25)26/h3-6,16H,7-15H2,1-2H3,(H,27,34). The molecule has 1 amide bonds. The minimum absolute atomic E-state index is 0.0667. The Hall–Kier alpha value is -2.60. The molecule has 1 aromatic carbocycles. The van der Waals surface area contributed by atoms with Crippen LogP contribution in [-0.4, -0.2) is 78.3 Å². The van der Waals surface area contributed by atoms with Crippen LogP contribution in [0.3, 0.4) is 0 Å². The number of nitrogens with one attached hydrogen (secondary N) is 1. The first kappa shape index (κ1) is 25.5. The average molecular weight is 510 g/mol. The Balaban J connectivity index is 1.36. The summed E-state index contributed by atoms with van der Waals surface area (Å²) in [4.78, 5) is 33.1. The Kier molecular flexibility index (Phi) is 8.00.